The summed E-state index contributed by atoms with van der Waals surface area (Å²) >= 11 is 0. The summed E-state index contributed by atoms with van der Waals surface area (Å²) in [5.74, 6) is -0.130. The lowest BCUT2D eigenvalue weighted by molar-refractivity contribution is 0.102. The van der Waals surface area contributed by atoms with Crippen molar-refractivity contribution < 1.29 is 17.9 Å². The fourth-order valence-corrected chi connectivity index (χ4v) is 5.08. The van der Waals surface area contributed by atoms with Gasteiger partial charge in [-0.2, -0.15) is 0 Å². The number of hydrogen-bond donors (Lipinski definition) is 1. The smallest absolute Gasteiger partial charge is 0.264 e. The molecule has 1 aliphatic heterocycles. The Bertz CT molecular complexity index is 1200. The lowest BCUT2D eigenvalue weighted by Gasteiger charge is -2.20. The minimum absolute atomic E-state index is 0.0501. The number of rotatable bonds is 5. The van der Waals surface area contributed by atoms with Gasteiger partial charge in [0.2, 0.25) is 0 Å². The lowest BCUT2D eigenvalue weighted by atomic mass is 10.1. The quantitative estimate of drug-likeness (QED) is 0.674. The predicted molar refractivity (Wildman–Crippen MR) is 117 cm³/mol. The first-order valence-corrected chi connectivity index (χ1v) is 11.0. The van der Waals surface area contributed by atoms with Gasteiger partial charge < -0.3 is 10.1 Å². The number of carbonyl (C=O) groups is 1. The first-order valence-electron chi connectivity index (χ1n) is 9.57. The number of sulfonamides is 1. The van der Waals surface area contributed by atoms with Gasteiger partial charge in [-0.25, -0.2) is 8.42 Å². The Morgan fingerprint density at radius 1 is 1.03 bits per heavy atom. The van der Waals surface area contributed by atoms with Crippen LogP contribution in [0.3, 0.4) is 0 Å². The highest BCUT2D eigenvalue weighted by Gasteiger charge is 2.31. The third-order valence-electron chi connectivity index (χ3n) is 5.16. The van der Waals surface area contributed by atoms with E-state index in [0.29, 0.717) is 30.1 Å². The number of nitrogens with zero attached hydrogens (tertiary/aromatic N) is 1. The summed E-state index contributed by atoms with van der Waals surface area (Å²) in [6.07, 6.45) is 0.659. The molecule has 0 unspecified atom stereocenters. The van der Waals surface area contributed by atoms with Crippen LogP contribution in [-0.2, 0) is 16.4 Å². The summed E-state index contributed by atoms with van der Waals surface area (Å²) in [5, 5.41) is 2.80. The number of aryl methyl sites for hydroxylation is 1. The number of nitrogens with one attached hydrogen (secondary N) is 1. The molecule has 3 aromatic rings. The van der Waals surface area contributed by atoms with Gasteiger partial charge in [0, 0.05) is 12.2 Å². The topological polar surface area (TPSA) is 75.7 Å². The Hall–Kier alpha value is -3.32. The van der Waals surface area contributed by atoms with Gasteiger partial charge in [0.25, 0.3) is 15.9 Å². The fourth-order valence-electron chi connectivity index (χ4n) is 3.55. The van der Waals surface area contributed by atoms with E-state index in [1.165, 1.54) is 29.6 Å². The number of ether oxygens (including phenoxy) is 1. The minimum atomic E-state index is -3.81. The zero-order chi connectivity index (χ0) is 21.3. The zero-order valence-electron chi connectivity index (χ0n) is 16.8. The molecule has 4 rings (SSSR count). The van der Waals surface area contributed by atoms with Gasteiger partial charge in [0.05, 0.1) is 23.3 Å². The highest BCUT2D eigenvalue weighted by Crippen LogP contribution is 2.34. The number of benzene rings is 3. The van der Waals surface area contributed by atoms with Crippen LogP contribution in [0.4, 0.5) is 11.4 Å². The number of amides is 1. The van der Waals surface area contributed by atoms with Gasteiger partial charge in [0.1, 0.15) is 5.75 Å². The van der Waals surface area contributed by atoms with Crippen LogP contribution in [0.25, 0.3) is 0 Å². The lowest BCUT2D eigenvalue weighted by Crippen LogP contribution is -2.29. The summed E-state index contributed by atoms with van der Waals surface area (Å²) in [6.45, 7) is 2.33. The van der Waals surface area contributed by atoms with Crippen LogP contribution in [0.2, 0.25) is 0 Å². The summed E-state index contributed by atoms with van der Waals surface area (Å²) in [6, 6.07) is 19.2. The number of anilines is 2. The second-order valence-corrected chi connectivity index (χ2v) is 9.00. The summed E-state index contributed by atoms with van der Waals surface area (Å²) in [5.41, 5.74) is 3.52. The molecule has 0 aromatic heterocycles. The van der Waals surface area contributed by atoms with Crippen molar-refractivity contribution in [2.45, 2.75) is 18.2 Å². The first-order chi connectivity index (χ1) is 14.4. The molecular weight excluding hydrogens is 400 g/mol. The van der Waals surface area contributed by atoms with E-state index in [4.69, 9.17) is 4.74 Å². The van der Waals surface area contributed by atoms with Gasteiger partial charge in [-0.05, 0) is 55.3 Å². The Morgan fingerprint density at radius 2 is 1.77 bits per heavy atom. The molecule has 1 heterocycles. The molecule has 6 nitrogen and oxygen atoms in total. The van der Waals surface area contributed by atoms with E-state index in [1.54, 1.807) is 18.2 Å². The maximum atomic E-state index is 13.3. The van der Waals surface area contributed by atoms with E-state index in [1.807, 2.05) is 37.3 Å². The van der Waals surface area contributed by atoms with Crippen molar-refractivity contribution in [3.8, 4) is 5.75 Å². The Morgan fingerprint density at radius 3 is 2.50 bits per heavy atom. The summed E-state index contributed by atoms with van der Waals surface area (Å²) in [7, 11) is -2.37. The van der Waals surface area contributed by atoms with Crippen LogP contribution in [0.1, 0.15) is 21.5 Å². The highest BCUT2D eigenvalue weighted by atomic mass is 32.2. The Labute approximate surface area is 176 Å². The molecule has 0 radical (unpaired) electrons. The molecule has 30 heavy (non-hydrogen) atoms. The fraction of sp³-hybridized carbons (Fsp3) is 0.174. The van der Waals surface area contributed by atoms with Crippen molar-refractivity contribution in [2.24, 2.45) is 0 Å². The SMILES string of the molecule is COc1ccc(S(=O)(=O)N2CCc3ccccc32)cc1C(=O)Nc1ccc(C)cc1. The van der Waals surface area contributed by atoms with Crippen LogP contribution < -0.4 is 14.4 Å². The van der Waals surface area contributed by atoms with Crippen molar-refractivity contribution in [3.05, 3.63) is 83.4 Å². The van der Waals surface area contributed by atoms with Crippen molar-refractivity contribution in [2.75, 3.05) is 23.3 Å². The van der Waals surface area contributed by atoms with E-state index >= 15 is 0 Å². The predicted octanol–water partition coefficient (Wildman–Crippen LogP) is 4.01. The molecule has 0 saturated heterocycles. The maximum absolute atomic E-state index is 13.3. The Kier molecular flexibility index (Phi) is 5.22. The Balaban J connectivity index is 1.69. The van der Waals surface area contributed by atoms with Crippen LogP contribution in [0.15, 0.2) is 71.6 Å². The van der Waals surface area contributed by atoms with Gasteiger partial charge in [-0.3, -0.25) is 9.10 Å². The van der Waals surface area contributed by atoms with Crippen molar-refractivity contribution >= 4 is 27.3 Å². The zero-order valence-corrected chi connectivity index (χ0v) is 17.6. The van der Waals surface area contributed by atoms with Gasteiger partial charge in [-0.15, -0.1) is 0 Å². The monoisotopic (exact) mass is 422 g/mol. The molecule has 3 aromatic carbocycles. The standard InChI is InChI=1S/C23H22N2O4S/c1-16-7-9-18(10-8-16)24-23(26)20-15-19(11-12-22(20)29-2)30(27,28)25-14-13-17-5-3-4-6-21(17)25/h3-12,15H,13-14H2,1-2H3,(H,24,26). The third kappa shape index (κ3) is 3.64. The van der Waals surface area contributed by atoms with E-state index in [0.717, 1.165) is 11.1 Å². The average Bonchev–Trinajstić information content (AvgIpc) is 3.20. The molecule has 1 amide bonds. The molecule has 7 heteroatoms. The van der Waals surface area contributed by atoms with Crippen LogP contribution >= 0.6 is 0 Å². The maximum Gasteiger partial charge on any atom is 0.264 e. The molecule has 0 bridgehead atoms. The van der Waals surface area contributed by atoms with Gasteiger partial charge in [0.15, 0.2) is 0 Å². The second-order valence-electron chi connectivity index (χ2n) is 7.14. The van der Waals surface area contributed by atoms with Crippen molar-refractivity contribution in [1.29, 1.82) is 0 Å². The molecule has 0 atom stereocenters. The van der Waals surface area contributed by atoms with Crippen LogP contribution in [0.5, 0.6) is 5.75 Å². The minimum Gasteiger partial charge on any atom is -0.496 e. The molecule has 1 aliphatic rings. The third-order valence-corrected chi connectivity index (χ3v) is 6.97. The molecule has 0 aliphatic carbocycles. The number of para-hydroxylation sites is 1. The van der Waals surface area contributed by atoms with Crippen molar-refractivity contribution in [1.82, 2.24) is 0 Å². The summed E-state index contributed by atoms with van der Waals surface area (Å²) < 4.78 is 33.3. The number of fused-ring (bicyclic) bond motifs is 1. The molecule has 0 spiro atoms. The number of methoxy groups -OCH3 is 1. The largest absolute Gasteiger partial charge is 0.496 e. The first kappa shape index (κ1) is 20.0. The van der Waals surface area contributed by atoms with Gasteiger partial charge in [-0.1, -0.05) is 35.9 Å². The van der Waals surface area contributed by atoms with E-state index in [2.05, 4.69) is 5.32 Å². The van der Waals surface area contributed by atoms with E-state index in [-0.39, 0.29) is 10.5 Å². The number of hydrogen-bond acceptors (Lipinski definition) is 4. The van der Waals surface area contributed by atoms with Crippen LogP contribution in [0, 0.1) is 6.92 Å². The molecule has 154 valence electrons. The number of carbonyl (C=O) groups excluding carboxylic acids is 1. The molecule has 0 saturated carbocycles. The molecule has 1 N–H and O–H groups in total. The highest BCUT2D eigenvalue weighted by molar-refractivity contribution is 7.92. The summed E-state index contributed by atoms with van der Waals surface area (Å²) in [4.78, 5) is 12.9. The van der Waals surface area contributed by atoms with E-state index in [9.17, 15) is 13.2 Å². The normalized spacial score (nSPS) is 13.1. The van der Waals surface area contributed by atoms with E-state index < -0.39 is 15.9 Å². The molecular formula is C23H22N2O4S. The average molecular weight is 423 g/mol. The second kappa shape index (κ2) is 7.84. The molecule has 0 fully saturated rings. The van der Waals surface area contributed by atoms with Gasteiger partial charge >= 0.3 is 0 Å². The van der Waals surface area contributed by atoms with Crippen molar-refractivity contribution in [3.63, 3.8) is 0 Å². The van der Waals surface area contributed by atoms with Crippen LogP contribution in [-0.4, -0.2) is 28.0 Å².